The topological polar surface area (TPSA) is 133 Å². The van der Waals surface area contributed by atoms with Crippen LogP contribution in [0.25, 0.3) is 0 Å². The predicted molar refractivity (Wildman–Crippen MR) is 125 cm³/mol. The summed E-state index contributed by atoms with van der Waals surface area (Å²) in [6.45, 7) is 6.07. The summed E-state index contributed by atoms with van der Waals surface area (Å²) in [6.07, 6.45) is 0.00106. The third-order valence-electron chi connectivity index (χ3n) is 5.58. The van der Waals surface area contributed by atoms with Crippen molar-refractivity contribution in [3.63, 3.8) is 0 Å². The van der Waals surface area contributed by atoms with E-state index in [0.717, 1.165) is 0 Å². The van der Waals surface area contributed by atoms with Crippen LogP contribution < -0.4 is 5.32 Å². The van der Waals surface area contributed by atoms with Gasteiger partial charge in [-0.3, -0.25) is 14.4 Å². The zero-order valence-electron chi connectivity index (χ0n) is 21.8. The molecule has 3 atom stereocenters. The molecular formula is C23H47N3O7+2. The van der Waals surface area contributed by atoms with E-state index in [9.17, 15) is 24.6 Å². The lowest BCUT2D eigenvalue weighted by atomic mass is 9.78. The molecule has 0 aliphatic heterocycles. The van der Waals surface area contributed by atoms with Crippen LogP contribution in [0.15, 0.2) is 0 Å². The van der Waals surface area contributed by atoms with Crippen LogP contribution in [0.1, 0.15) is 40.0 Å². The van der Waals surface area contributed by atoms with Crippen LogP contribution >= 0.6 is 0 Å². The van der Waals surface area contributed by atoms with Gasteiger partial charge in [0.15, 0.2) is 12.8 Å². The van der Waals surface area contributed by atoms with Crippen molar-refractivity contribution in [2.75, 3.05) is 68.2 Å². The molecule has 1 amide bonds. The molecule has 0 heterocycles. The minimum absolute atomic E-state index is 0.0611. The highest BCUT2D eigenvalue weighted by Gasteiger charge is 2.37. The van der Waals surface area contributed by atoms with E-state index in [4.69, 9.17) is 9.84 Å². The second-order valence-electron chi connectivity index (χ2n) is 11.3. The number of carbonyl (C=O) groups is 3. The van der Waals surface area contributed by atoms with Crippen LogP contribution in [0.5, 0.6) is 0 Å². The van der Waals surface area contributed by atoms with Crippen molar-refractivity contribution in [2.45, 2.75) is 46.1 Å². The molecule has 0 rings (SSSR count). The molecular weight excluding hydrogens is 430 g/mol. The lowest BCUT2D eigenvalue weighted by Crippen LogP contribution is -2.56. The number of carboxylic acids is 1. The monoisotopic (exact) mass is 477 g/mol. The first-order chi connectivity index (χ1) is 14.9. The predicted octanol–water partition coefficient (Wildman–Crippen LogP) is 0.273. The van der Waals surface area contributed by atoms with Crippen molar-refractivity contribution in [3.8, 4) is 0 Å². The summed E-state index contributed by atoms with van der Waals surface area (Å²) in [7, 11) is 9.83. The number of rotatable bonds is 16. The lowest BCUT2D eigenvalue weighted by Gasteiger charge is -2.35. The van der Waals surface area contributed by atoms with Crippen LogP contribution in [-0.4, -0.2) is 116 Å². The number of likely N-dealkylation sites (N-methyl/N-ethyl adjacent to an activating group) is 2. The first-order valence-electron chi connectivity index (χ1n) is 11.5. The number of quaternary nitrogens is 2. The Hall–Kier alpha value is -1.75. The number of ether oxygens (including phenoxy) is 1. The summed E-state index contributed by atoms with van der Waals surface area (Å²) in [6, 6.07) is 0. The molecule has 194 valence electrons. The number of hydrogen-bond donors (Lipinski definition) is 4. The van der Waals surface area contributed by atoms with Gasteiger partial charge in [-0.15, -0.1) is 0 Å². The van der Waals surface area contributed by atoms with Crippen LogP contribution in [0.3, 0.4) is 0 Å². The summed E-state index contributed by atoms with van der Waals surface area (Å²) in [5, 5.41) is 31.8. The second kappa shape index (κ2) is 13.2. The molecule has 33 heavy (non-hydrogen) atoms. The highest BCUT2D eigenvalue weighted by atomic mass is 16.5. The second-order valence-corrected chi connectivity index (χ2v) is 11.3. The first-order valence-corrected chi connectivity index (χ1v) is 11.5. The smallest absolute Gasteiger partial charge is 0.309 e. The van der Waals surface area contributed by atoms with Crippen LogP contribution in [0.2, 0.25) is 0 Å². The van der Waals surface area contributed by atoms with Crippen LogP contribution in [0.4, 0.5) is 0 Å². The fourth-order valence-electron chi connectivity index (χ4n) is 3.87. The molecule has 0 aromatic heterocycles. The van der Waals surface area contributed by atoms with Gasteiger partial charge in [-0.25, -0.2) is 0 Å². The molecule has 0 radical (unpaired) electrons. The Morgan fingerprint density at radius 2 is 1.61 bits per heavy atom. The van der Waals surface area contributed by atoms with Crippen molar-refractivity contribution in [3.05, 3.63) is 0 Å². The molecule has 0 bridgehead atoms. The molecule has 0 aliphatic carbocycles. The number of carbonyl (C=O) groups excluding carboxylic acids is 2. The van der Waals surface area contributed by atoms with Gasteiger partial charge >= 0.3 is 11.9 Å². The van der Waals surface area contributed by atoms with Gasteiger partial charge in [-0.1, -0.05) is 20.8 Å². The van der Waals surface area contributed by atoms with Crippen molar-refractivity contribution >= 4 is 17.8 Å². The molecule has 0 saturated heterocycles. The number of hydrogen-bond acceptors (Lipinski definition) is 6. The molecule has 0 saturated carbocycles. The van der Waals surface area contributed by atoms with Crippen molar-refractivity contribution in [1.82, 2.24) is 5.32 Å². The Balaban J connectivity index is 5.05. The van der Waals surface area contributed by atoms with E-state index < -0.39 is 35.3 Å². The fourth-order valence-corrected chi connectivity index (χ4v) is 3.87. The van der Waals surface area contributed by atoms with Crippen molar-refractivity contribution in [1.29, 1.82) is 0 Å². The normalized spacial score (nSPS) is 15.5. The molecule has 0 aromatic rings. The number of nitrogens with zero attached hydrogens (tertiary/aromatic N) is 2. The zero-order chi connectivity index (χ0) is 26.0. The maximum atomic E-state index is 12.9. The number of nitrogens with one attached hydrogen (secondary N) is 1. The van der Waals surface area contributed by atoms with Gasteiger partial charge in [0.05, 0.1) is 53.7 Å². The molecule has 0 aliphatic rings. The molecule has 0 aromatic carbocycles. The van der Waals surface area contributed by atoms with E-state index in [-0.39, 0.29) is 32.0 Å². The van der Waals surface area contributed by atoms with Gasteiger partial charge in [0, 0.05) is 5.41 Å². The highest BCUT2D eigenvalue weighted by Crippen LogP contribution is 2.31. The average Bonchev–Trinajstić information content (AvgIpc) is 2.64. The Morgan fingerprint density at radius 1 is 1.03 bits per heavy atom. The van der Waals surface area contributed by atoms with Gasteiger partial charge in [0.25, 0.3) is 0 Å². The van der Waals surface area contributed by atoms with Crippen molar-refractivity contribution in [2.24, 2.45) is 17.3 Å². The number of carboxylic acid groups (broad SMARTS) is 1. The minimum Gasteiger partial charge on any atom is -0.481 e. The van der Waals surface area contributed by atoms with Crippen molar-refractivity contribution < 1.29 is 43.4 Å². The largest absolute Gasteiger partial charge is 0.481 e. The van der Waals surface area contributed by atoms with Gasteiger partial charge in [0.1, 0.15) is 19.7 Å². The van der Waals surface area contributed by atoms with Gasteiger partial charge in [-0.2, -0.15) is 0 Å². The molecule has 0 fully saturated rings. The van der Waals surface area contributed by atoms with E-state index in [1.54, 1.807) is 20.8 Å². The summed E-state index contributed by atoms with van der Waals surface area (Å²) >= 11 is 0. The van der Waals surface area contributed by atoms with E-state index in [1.165, 1.54) is 0 Å². The lowest BCUT2D eigenvalue weighted by molar-refractivity contribution is -0.908. The summed E-state index contributed by atoms with van der Waals surface area (Å²) in [5.74, 6) is -3.40. The maximum Gasteiger partial charge on any atom is 0.309 e. The Bertz CT molecular complexity index is 644. The van der Waals surface area contributed by atoms with E-state index >= 15 is 0 Å². The molecule has 3 unspecified atom stereocenters. The van der Waals surface area contributed by atoms with Crippen LogP contribution in [-0.2, 0) is 19.1 Å². The van der Waals surface area contributed by atoms with E-state index in [1.807, 2.05) is 35.2 Å². The average molecular weight is 478 g/mol. The minimum atomic E-state index is -1.07. The summed E-state index contributed by atoms with van der Waals surface area (Å²) in [4.78, 5) is 36.9. The maximum absolute atomic E-state index is 12.9. The number of esters is 1. The third-order valence-corrected chi connectivity index (χ3v) is 5.58. The molecule has 4 N–H and O–H groups in total. The van der Waals surface area contributed by atoms with Gasteiger partial charge in [-0.05, 0) is 19.3 Å². The highest BCUT2D eigenvalue weighted by molar-refractivity contribution is 5.82. The molecule has 10 nitrogen and oxygen atoms in total. The Morgan fingerprint density at radius 3 is 2.06 bits per heavy atom. The summed E-state index contributed by atoms with van der Waals surface area (Å²) in [5.41, 5.74) is -0.975. The van der Waals surface area contributed by atoms with Crippen LogP contribution in [0, 0.1) is 17.3 Å². The number of aliphatic hydroxyl groups is 2. The van der Waals surface area contributed by atoms with Gasteiger partial charge < -0.3 is 34.3 Å². The number of aliphatic hydroxyl groups excluding tert-OH is 2. The van der Waals surface area contributed by atoms with Gasteiger partial charge in [0.2, 0.25) is 5.91 Å². The molecule has 0 spiro atoms. The molecule has 10 heteroatoms. The Kier molecular flexibility index (Phi) is 12.5. The quantitative estimate of drug-likeness (QED) is 0.142. The van der Waals surface area contributed by atoms with E-state index in [0.29, 0.717) is 35.1 Å². The zero-order valence-corrected chi connectivity index (χ0v) is 21.8. The Labute approximate surface area is 198 Å². The fraction of sp³-hybridized carbons (Fsp3) is 0.870. The first kappa shape index (κ1) is 31.2. The summed E-state index contributed by atoms with van der Waals surface area (Å²) < 4.78 is 5.96. The third kappa shape index (κ3) is 12.9. The standard InChI is InChI=1S/C23H45N3O7/c1-9-17(21(31)33-11-10-27)12-18(20(29)30)13-23(2,3)22(32)24-16-26(7,8)15-19(28)14-25(4,5)6/h17-19,27-28H,9-16H2,1-8H3/p+2. The SMILES string of the molecule is CCC(CC(CC(C)(C)C(=O)NC[N+](C)(C)CC(O)C[N+](C)(C)C)C(=O)O)C(=O)OCCO. The van der Waals surface area contributed by atoms with E-state index in [2.05, 4.69) is 5.32 Å². The number of aliphatic carboxylic acids is 1. The number of amides is 1.